The summed E-state index contributed by atoms with van der Waals surface area (Å²) in [7, 11) is 0. The van der Waals surface area contributed by atoms with Crippen LogP contribution in [-0.2, 0) is 17.3 Å². The average molecular weight is 497 g/mol. The summed E-state index contributed by atoms with van der Waals surface area (Å²) in [5.41, 5.74) is 3.21. The molecule has 1 aliphatic heterocycles. The van der Waals surface area contributed by atoms with E-state index in [1.807, 2.05) is 39.0 Å². The molecule has 1 aliphatic rings. The van der Waals surface area contributed by atoms with E-state index in [0.717, 1.165) is 34.7 Å². The van der Waals surface area contributed by atoms with Gasteiger partial charge >= 0.3 is 6.18 Å². The van der Waals surface area contributed by atoms with Gasteiger partial charge in [-0.05, 0) is 80.3 Å². The lowest BCUT2D eigenvalue weighted by molar-refractivity contribution is -0.140. The maximum atomic E-state index is 13.5. The van der Waals surface area contributed by atoms with Crippen molar-refractivity contribution in [3.05, 3.63) is 65.0 Å². The Balaban J connectivity index is 1.88. The molecule has 0 fully saturated rings. The van der Waals surface area contributed by atoms with Crippen molar-refractivity contribution in [2.24, 2.45) is 0 Å². The number of hydrogen-bond donors (Lipinski definition) is 1. The highest BCUT2D eigenvalue weighted by atomic mass is 19.4. The van der Waals surface area contributed by atoms with Crippen molar-refractivity contribution in [3.8, 4) is 16.9 Å². The molecule has 3 heterocycles. The Kier molecular flexibility index (Phi) is 5.92. The minimum absolute atomic E-state index is 0.213. The largest absolute Gasteiger partial charge is 0.493 e. The molecule has 0 spiro atoms. The molecule has 5 rings (SSSR count). The zero-order chi connectivity index (χ0) is 25.8. The summed E-state index contributed by atoms with van der Waals surface area (Å²) < 4.78 is 52.6. The van der Waals surface area contributed by atoms with Crippen molar-refractivity contribution in [2.45, 2.75) is 52.0 Å². The Morgan fingerprint density at radius 1 is 1.11 bits per heavy atom. The first-order chi connectivity index (χ1) is 17.0. The first-order valence-electron chi connectivity index (χ1n) is 11.8. The summed E-state index contributed by atoms with van der Waals surface area (Å²) in [5.74, 6) is 0.726. The van der Waals surface area contributed by atoms with E-state index < -0.39 is 23.6 Å². The summed E-state index contributed by atoms with van der Waals surface area (Å²) in [6.45, 7) is 7.75. The first-order valence-corrected chi connectivity index (χ1v) is 11.8. The number of aryl methyl sites for hydroxylation is 1. The second kappa shape index (κ2) is 8.71. The van der Waals surface area contributed by atoms with Crippen molar-refractivity contribution in [1.29, 1.82) is 0 Å². The number of ether oxygens (including phenoxy) is 2. The molecule has 0 saturated carbocycles. The van der Waals surface area contributed by atoms with Crippen LogP contribution in [0.15, 0.2) is 42.6 Å². The zero-order valence-corrected chi connectivity index (χ0v) is 20.5. The number of nitrogens with zero attached hydrogens (tertiary/aromatic N) is 2. The second-order valence-electron chi connectivity index (χ2n) is 10.0. The van der Waals surface area contributed by atoms with E-state index in [1.54, 1.807) is 19.2 Å². The normalized spacial score (nSPS) is 14.8. The SMILES string of the molecule is Cc1cc2nc(C(F)(F)F)ccc2c(-c2ccc3c4c(ccnc24)CCO3)c1C(CO)OC(C)(C)C. The third-order valence-corrected chi connectivity index (χ3v) is 6.35. The number of halogens is 3. The molecule has 0 aliphatic carbocycles. The highest BCUT2D eigenvalue weighted by Gasteiger charge is 2.34. The van der Waals surface area contributed by atoms with Crippen molar-refractivity contribution < 1.29 is 27.8 Å². The molecular weight excluding hydrogens is 469 g/mol. The van der Waals surface area contributed by atoms with Gasteiger partial charge in [0.2, 0.25) is 0 Å². The molecule has 4 aromatic rings. The highest BCUT2D eigenvalue weighted by Crippen LogP contribution is 2.45. The molecule has 1 unspecified atom stereocenters. The lowest BCUT2D eigenvalue weighted by Crippen LogP contribution is -2.25. The molecule has 0 radical (unpaired) electrons. The molecule has 0 saturated heterocycles. The molecule has 1 N–H and O–H groups in total. The summed E-state index contributed by atoms with van der Waals surface area (Å²) in [5, 5.41) is 11.8. The monoisotopic (exact) mass is 496 g/mol. The van der Waals surface area contributed by atoms with Gasteiger partial charge in [-0.3, -0.25) is 4.98 Å². The third-order valence-electron chi connectivity index (χ3n) is 6.35. The number of rotatable bonds is 4. The van der Waals surface area contributed by atoms with Crippen molar-refractivity contribution in [3.63, 3.8) is 0 Å². The van der Waals surface area contributed by atoms with E-state index in [0.29, 0.717) is 34.2 Å². The minimum atomic E-state index is -4.57. The van der Waals surface area contributed by atoms with Gasteiger partial charge in [-0.25, -0.2) is 4.98 Å². The standard InChI is InChI=1S/C28H27F3N2O3/c1-15-13-19-17(6-8-22(33-19)28(29,30)31)25(23(15)21(14-34)36-27(2,3)4)18-5-7-20-24-16(10-12-35-20)9-11-32-26(18)24/h5-9,11,13,21,34H,10,12,14H2,1-4H3. The molecule has 8 heteroatoms. The molecule has 36 heavy (non-hydrogen) atoms. The van der Waals surface area contributed by atoms with Crippen LogP contribution < -0.4 is 4.74 Å². The van der Waals surface area contributed by atoms with Gasteiger partial charge in [0.1, 0.15) is 17.5 Å². The Morgan fingerprint density at radius 3 is 2.58 bits per heavy atom. The highest BCUT2D eigenvalue weighted by molar-refractivity contribution is 6.07. The second-order valence-corrected chi connectivity index (χ2v) is 10.0. The number of alkyl halides is 3. The van der Waals surface area contributed by atoms with Crippen LogP contribution in [0.5, 0.6) is 5.75 Å². The summed E-state index contributed by atoms with van der Waals surface area (Å²) in [4.78, 5) is 8.63. The fourth-order valence-electron chi connectivity index (χ4n) is 5.00. The number of aliphatic hydroxyl groups excluding tert-OH is 1. The number of aliphatic hydroxyl groups is 1. The van der Waals surface area contributed by atoms with Gasteiger partial charge in [-0.15, -0.1) is 0 Å². The number of benzene rings is 2. The van der Waals surface area contributed by atoms with Crippen LogP contribution in [0.3, 0.4) is 0 Å². The number of aromatic nitrogens is 2. The third kappa shape index (κ3) is 4.29. The van der Waals surface area contributed by atoms with Gasteiger partial charge < -0.3 is 14.6 Å². The van der Waals surface area contributed by atoms with Crippen LogP contribution in [0, 0.1) is 6.92 Å². The smallest absolute Gasteiger partial charge is 0.433 e. The van der Waals surface area contributed by atoms with Gasteiger partial charge in [-0.2, -0.15) is 13.2 Å². The Hall–Kier alpha value is -3.23. The number of pyridine rings is 2. The Bertz CT molecular complexity index is 1470. The predicted octanol–water partition coefficient (Wildman–Crippen LogP) is 6.56. The molecule has 188 valence electrons. The minimum Gasteiger partial charge on any atom is -0.493 e. The Morgan fingerprint density at radius 2 is 1.89 bits per heavy atom. The maximum Gasteiger partial charge on any atom is 0.433 e. The van der Waals surface area contributed by atoms with Crippen LogP contribution in [0.2, 0.25) is 0 Å². The van der Waals surface area contributed by atoms with E-state index in [9.17, 15) is 18.3 Å². The van der Waals surface area contributed by atoms with Crippen LogP contribution in [0.1, 0.15) is 49.3 Å². The zero-order valence-electron chi connectivity index (χ0n) is 20.5. The summed E-state index contributed by atoms with van der Waals surface area (Å²) in [6, 6.07) is 9.77. The van der Waals surface area contributed by atoms with E-state index in [1.165, 1.54) is 6.07 Å². The molecule has 2 aromatic heterocycles. The molecular formula is C28H27F3N2O3. The van der Waals surface area contributed by atoms with E-state index in [4.69, 9.17) is 9.47 Å². The first kappa shape index (κ1) is 24.5. The lowest BCUT2D eigenvalue weighted by Gasteiger charge is -2.30. The maximum absolute atomic E-state index is 13.5. The predicted molar refractivity (Wildman–Crippen MR) is 132 cm³/mol. The van der Waals surface area contributed by atoms with Gasteiger partial charge in [0, 0.05) is 29.0 Å². The van der Waals surface area contributed by atoms with Crippen LogP contribution in [0.4, 0.5) is 13.2 Å². The fraction of sp³-hybridized carbons (Fsp3) is 0.357. The topological polar surface area (TPSA) is 64.5 Å². The molecule has 0 bridgehead atoms. The number of fused-ring (bicyclic) bond motifs is 1. The molecule has 5 nitrogen and oxygen atoms in total. The Labute approximate surface area is 206 Å². The van der Waals surface area contributed by atoms with Crippen molar-refractivity contribution in [2.75, 3.05) is 13.2 Å². The van der Waals surface area contributed by atoms with Gasteiger partial charge in [0.15, 0.2) is 0 Å². The summed E-state index contributed by atoms with van der Waals surface area (Å²) in [6.07, 6.45) is -2.81. The van der Waals surface area contributed by atoms with Crippen LogP contribution >= 0.6 is 0 Å². The van der Waals surface area contributed by atoms with Crippen LogP contribution in [0.25, 0.3) is 32.9 Å². The number of hydrogen-bond acceptors (Lipinski definition) is 5. The molecule has 2 aromatic carbocycles. The van der Waals surface area contributed by atoms with E-state index in [2.05, 4.69) is 9.97 Å². The van der Waals surface area contributed by atoms with Gasteiger partial charge in [-0.1, -0.05) is 6.07 Å². The average Bonchev–Trinajstić information content (AvgIpc) is 2.81. The van der Waals surface area contributed by atoms with Gasteiger partial charge in [0.25, 0.3) is 0 Å². The van der Waals surface area contributed by atoms with Gasteiger partial charge in [0.05, 0.1) is 29.8 Å². The summed E-state index contributed by atoms with van der Waals surface area (Å²) >= 11 is 0. The molecule has 1 atom stereocenters. The van der Waals surface area contributed by atoms with Crippen LogP contribution in [-0.4, -0.2) is 33.9 Å². The molecule has 0 amide bonds. The van der Waals surface area contributed by atoms with Crippen molar-refractivity contribution in [1.82, 2.24) is 9.97 Å². The van der Waals surface area contributed by atoms with E-state index >= 15 is 0 Å². The fourth-order valence-corrected chi connectivity index (χ4v) is 5.00. The van der Waals surface area contributed by atoms with E-state index in [-0.39, 0.29) is 12.1 Å². The quantitative estimate of drug-likeness (QED) is 0.347. The lowest BCUT2D eigenvalue weighted by atomic mass is 9.86. The van der Waals surface area contributed by atoms with Crippen molar-refractivity contribution >= 4 is 21.8 Å².